The van der Waals surface area contributed by atoms with Crippen LogP contribution in [0.25, 0.3) is 10.2 Å². The summed E-state index contributed by atoms with van der Waals surface area (Å²) < 4.78 is 12.3. The number of rotatable bonds is 8. The summed E-state index contributed by atoms with van der Waals surface area (Å²) in [5.41, 5.74) is 1.40. The fourth-order valence-corrected chi connectivity index (χ4v) is 7.40. The number of aliphatic hydroxyl groups excluding tert-OH is 1. The number of carbonyl (C=O) groups excluding carboxylic acids is 1. The zero-order valence-electron chi connectivity index (χ0n) is 20.2. The molecule has 0 bridgehead atoms. The molecule has 7 nitrogen and oxygen atoms in total. The van der Waals surface area contributed by atoms with Crippen LogP contribution in [-0.4, -0.2) is 72.0 Å². The van der Waals surface area contributed by atoms with E-state index < -0.39 is 0 Å². The van der Waals surface area contributed by atoms with E-state index in [9.17, 15) is 4.79 Å². The maximum atomic E-state index is 12.9. The number of hydrogen-bond donors (Lipinski definition) is 2. The second-order valence-electron chi connectivity index (χ2n) is 9.88. The predicted molar refractivity (Wildman–Crippen MR) is 134 cm³/mol. The van der Waals surface area contributed by atoms with Crippen LogP contribution in [0.15, 0.2) is 12.3 Å². The third kappa shape index (κ3) is 4.57. The molecule has 0 radical (unpaired) electrons. The van der Waals surface area contributed by atoms with Gasteiger partial charge in [-0.15, -0.1) is 11.3 Å². The summed E-state index contributed by atoms with van der Waals surface area (Å²) in [6, 6.07) is 1.98. The van der Waals surface area contributed by atoms with Gasteiger partial charge >= 0.3 is 0 Å². The zero-order valence-corrected chi connectivity index (χ0v) is 21.0. The largest absolute Gasteiger partial charge is 0.490 e. The van der Waals surface area contributed by atoms with Crippen LogP contribution >= 0.6 is 11.3 Å². The first kappa shape index (κ1) is 24.0. The van der Waals surface area contributed by atoms with Crippen LogP contribution in [0.3, 0.4) is 0 Å². The Morgan fingerprint density at radius 3 is 2.85 bits per heavy atom. The number of ether oxygens (including phenoxy) is 2. The normalized spacial score (nSPS) is 27.6. The zero-order chi connectivity index (χ0) is 23.5. The monoisotopic (exact) mass is 487 g/mol. The molecule has 2 aliphatic carbocycles. The Labute approximate surface area is 205 Å². The van der Waals surface area contributed by atoms with Crippen molar-refractivity contribution in [3.8, 4) is 5.75 Å². The Bertz CT molecular complexity index is 995. The molecule has 1 saturated heterocycles. The summed E-state index contributed by atoms with van der Waals surface area (Å²) in [6.45, 7) is 6.67. The number of aromatic nitrogens is 1. The third-order valence-electron chi connectivity index (χ3n) is 8.12. The highest BCUT2D eigenvalue weighted by Crippen LogP contribution is 2.47. The molecule has 1 atom stereocenters. The second-order valence-corrected chi connectivity index (χ2v) is 11.0. The molecule has 2 N–H and O–H groups in total. The van der Waals surface area contributed by atoms with Crippen molar-refractivity contribution in [2.24, 2.45) is 0 Å². The SMILES string of the molecule is CCC1(N2CCOCC2)CCC(Oc2ccnc3sc4c(c23)[C@@H](C(=O)NCCCO)CC4)CC1. The Kier molecular flexibility index (Phi) is 7.39. The Balaban J connectivity index is 1.32. The average molecular weight is 488 g/mol. The van der Waals surface area contributed by atoms with Crippen LogP contribution in [0.4, 0.5) is 0 Å². The summed E-state index contributed by atoms with van der Waals surface area (Å²) in [7, 11) is 0. The first-order valence-corrected chi connectivity index (χ1v) is 13.7. The van der Waals surface area contributed by atoms with E-state index in [1.807, 2.05) is 12.3 Å². The van der Waals surface area contributed by atoms with Crippen LogP contribution in [0, 0.1) is 0 Å². The van der Waals surface area contributed by atoms with E-state index in [1.165, 1.54) is 11.3 Å². The van der Waals surface area contributed by atoms with Gasteiger partial charge in [-0.2, -0.15) is 0 Å². The van der Waals surface area contributed by atoms with Crippen molar-refractivity contribution < 1.29 is 19.4 Å². The first-order chi connectivity index (χ1) is 16.6. The molecule has 8 heteroatoms. The number of morpholine rings is 1. The topological polar surface area (TPSA) is 83.9 Å². The minimum atomic E-state index is -0.158. The number of carbonyl (C=O) groups is 1. The van der Waals surface area contributed by atoms with Crippen LogP contribution in [0.5, 0.6) is 5.75 Å². The highest BCUT2D eigenvalue weighted by atomic mass is 32.1. The smallest absolute Gasteiger partial charge is 0.227 e. The summed E-state index contributed by atoms with van der Waals surface area (Å²) in [6.07, 6.45) is 9.93. The van der Waals surface area contributed by atoms with Crippen LogP contribution in [0.1, 0.15) is 68.2 Å². The molecule has 0 aromatic carbocycles. The Morgan fingerprint density at radius 1 is 1.32 bits per heavy atom. The van der Waals surface area contributed by atoms with Gasteiger partial charge in [-0.05, 0) is 63.0 Å². The molecule has 186 valence electrons. The maximum Gasteiger partial charge on any atom is 0.227 e. The number of aryl methyl sites for hydroxylation is 1. The molecule has 0 spiro atoms. The van der Waals surface area contributed by atoms with Gasteiger partial charge < -0.3 is 19.9 Å². The molecule has 1 amide bonds. The minimum Gasteiger partial charge on any atom is -0.490 e. The number of thiophene rings is 1. The quantitative estimate of drug-likeness (QED) is 0.554. The van der Waals surface area contributed by atoms with Gasteiger partial charge in [0.2, 0.25) is 5.91 Å². The molecule has 2 fully saturated rings. The van der Waals surface area contributed by atoms with Gasteiger partial charge in [-0.3, -0.25) is 9.69 Å². The summed E-state index contributed by atoms with van der Waals surface area (Å²) in [5.74, 6) is 0.782. The fourth-order valence-electron chi connectivity index (χ4n) is 6.17. The summed E-state index contributed by atoms with van der Waals surface area (Å²) >= 11 is 1.70. The molecule has 1 saturated carbocycles. The van der Waals surface area contributed by atoms with Crippen molar-refractivity contribution in [2.45, 2.75) is 75.9 Å². The van der Waals surface area contributed by atoms with Gasteiger partial charge in [0.1, 0.15) is 10.6 Å². The van der Waals surface area contributed by atoms with E-state index in [4.69, 9.17) is 14.6 Å². The second kappa shape index (κ2) is 10.5. The first-order valence-electron chi connectivity index (χ1n) is 12.9. The predicted octanol–water partition coefficient (Wildman–Crippen LogP) is 3.63. The fraction of sp³-hybridized carbons (Fsp3) is 0.692. The van der Waals surface area contributed by atoms with Crippen molar-refractivity contribution in [1.82, 2.24) is 15.2 Å². The number of nitrogens with one attached hydrogen (secondary N) is 1. The van der Waals surface area contributed by atoms with Crippen molar-refractivity contribution in [3.05, 3.63) is 22.7 Å². The lowest BCUT2D eigenvalue weighted by molar-refractivity contribution is -0.122. The Hall–Kier alpha value is -1.74. The van der Waals surface area contributed by atoms with E-state index >= 15 is 0 Å². The van der Waals surface area contributed by atoms with E-state index in [0.717, 1.165) is 86.4 Å². The van der Waals surface area contributed by atoms with Crippen molar-refractivity contribution in [1.29, 1.82) is 0 Å². The lowest BCUT2D eigenvalue weighted by Gasteiger charge is -2.49. The lowest BCUT2D eigenvalue weighted by atomic mass is 9.77. The van der Waals surface area contributed by atoms with Gasteiger partial charge in [0.25, 0.3) is 0 Å². The number of hydrogen-bond acceptors (Lipinski definition) is 7. The van der Waals surface area contributed by atoms with Crippen molar-refractivity contribution >= 4 is 27.5 Å². The summed E-state index contributed by atoms with van der Waals surface area (Å²) in [5, 5.41) is 13.1. The summed E-state index contributed by atoms with van der Waals surface area (Å²) in [4.78, 5) is 22.4. The average Bonchev–Trinajstić information content (AvgIpc) is 3.45. The van der Waals surface area contributed by atoms with E-state index in [0.29, 0.717) is 13.0 Å². The molecule has 5 rings (SSSR count). The molecule has 2 aromatic rings. The molecule has 1 aliphatic heterocycles. The number of aliphatic hydroxyl groups is 1. The number of nitrogens with zero attached hydrogens (tertiary/aromatic N) is 2. The van der Waals surface area contributed by atoms with Crippen LogP contribution in [-0.2, 0) is 16.0 Å². The molecular weight excluding hydrogens is 450 g/mol. The molecule has 34 heavy (non-hydrogen) atoms. The van der Waals surface area contributed by atoms with Crippen LogP contribution in [0.2, 0.25) is 0 Å². The molecule has 3 aliphatic rings. The van der Waals surface area contributed by atoms with E-state index in [-0.39, 0.29) is 30.1 Å². The lowest BCUT2D eigenvalue weighted by Crippen LogP contribution is -2.55. The van der Waals surface area contributed by atoms with Gasteiger partial charge in [-0.25, -0.2) is 4.98 Å². The van der Waals surface area contributed by atoms with Gasteiger partial charge in [0, 0.05) is 42.9 Å². The standard InChI is InChI=1S/C26H37N3O4S/c1-2-26(29-13-16-32-17-14-29)9-6-18(7-10-26)33-20-8-12-28-25-23(20)22-19(4-5-21(22)34-25)24(31)27-11-3-15-30/h8,12,18-19,30H,2-7,9-11,13-17H2,1H3,(H,27,31)/t18?,19-,26?/m0/s1. The number of fused-ring (bicyclic) bond motifs is 3. The highest BCUT2D eigenvalue weighted by molar-refractivity contribution is 7.19. The van der Waals surface area contributed by atoms with E-state index in [2.05, 4.69) is 22.1 Å². The van der Waals surface area contributed by atoms with Crippen LogP contribution < -0.4 is 10.1 Å². The highest BCUT2D eigenvalue weighted by Gasteiger charge is 2.40. The molecule has 3 heterocycles. The maximum absolute atomic E-state index is 12.9. The molecule has 0 unspecified atom stereocenters. The molecule has 2 aromatic heterocycles. The number of pyridine rings is 1. The van der Waals surface area contributed by atoms with Gasteiger partial charge in [0.05, 0.1) is 30.6 Å². The molecular formula is C26H37N3O4S. The van der Waals surface area contributed by atoms with Crippen molar-refractivity contribution in [2.75, 3.05) is 39.5 Å². The van der Waals surface area contributed by atoms with Crippen molar-refractivity contribution in [3.63, 3.8) is 0 Å². The van der Waals surface area contributed by atoms with E-state index in [1.54, 1.807) is 11.3 Å². The van der Waals surface area contributed by atoms with Gasteiger partial charge in [0.15, 0.2) is 0 Å². The minimum absolute atomic E-state index is 0.0533. The number of amides is 1. The third-order valence-corrected chi connectivity index (χ3v) is 9.30. The Morgan fingerprint density at radius 2 is 2.12 bits per heavy atom. The van der Waals surface area contributed by atoms with Gasteiger partial charge in [-0.1, -0.05) is 6.92 Å².